The summed E-state index contributed by atoms with van der Waals surface area (Å²) in [6, 6.07) is 20.4. The molecule has 5 nitrogen and oxygen atoms in total. The number of nitrogens with one attached hydrogen (secondary N) is 1. The fourth-order valence-corrected chi connectivity index (χ4v) is 3.83. The van der Waals surface area contributed by atoms with Gasteiger partial charge in [-0.15, -0.1) is 0 Å². The molecular weight excluding hydrogens is 400 g/mol. The first-order chi connectivity index (χ1) is 15.5. The van der Waals surface area contributed by atoms with E-state index in [1.54, 1.807) is 24.3 Å². The SMILES string of the molecule is Cc1ccc(C(=O)c2ccccc2C(=O)Nc2ccc(CN3CCOCC3)cc2)cc1C. The average molecular weight is 429 g/mol. The summed E-state index contributed by atoms with van der Waals surface area (Å²) in [5, 5.41) is 2.93. The van der Waals surface area contributed by atoms with Crippen LogP contribution in [0.15, 0.2) is 66.7 Å². The number of carbonyl (C=O) groups is 2. The van der Waals surface area contributed by atoms with E-state index in [1.165, 1.54) is 5.56 Å². The largest absolute Gasteiger partial charge is 0.379 e. The minimum Gasteiger partial charge on any atom is -0.379 e. The van der Waals surface area contributed by atoms with Crippen LogP contribution in [0.3, 0.4) is 0 Å². The Kier molecular flexibility index (Phi) is 6.78. The topological polar surface area (TPSA) is 58.6 Å². The van der Waals surface area contributed by atoms with E-state index in [0.29, 0.717) is 22.4 Å². The van der Waals surface area contributed by atoms with Gasteiger partial charge in [-0.3, -0.25) is 14.5 Å². The number of anilines is 1. The zero-order chi connectivity index (χ0) is 22.5. The van der Waals surface area contributed by atoms with E-state index in [9.17, 15) is 9.59 Å². The van der Waals surface area contributed by atoms with Gasteiger partial charge in [-0.2, -0.15) is 0 Å². The summed E-state index contributed by atoms with van der Waals surface area (Å²) in [6.07, 6.45) is 0. The molecule has 1 heterocycles. The maximum absolute atomic E-state index is 13.1. The van der Waals surface area contributed by atoms with Crippen LogP contribution in [-0.4, -0.2) is 42.9 Å². The van der Waals surface area contributed by atoms with Gasteiger partial charge < -0.3 is 10.1 Å². The normalized spacial score (nSPS) is 14.2. The molecule has 0 aromatic heterocycles. The highest BCUT2D eigenvalue weighted by Gasteiger charge is 2.19. The van der Waals surface area contributed by atoms with Crippen molar-refractivity contribution in [1.29, 1.82) is 0 Å². The first-order valence-corrected chi connectivity index (χ1v) is 10.9. The molecule has 1 amide bonds. The third kappa shape index (κ3) is 5.13. The number of nitrogens with zero attached hydrogens (tertiary/aromatic N) is 1. The molecule has 1 saturated heterocycles. The van der Waals surface area contributed by atoms with Gasteiger partial charge in [-0.05, 0) is 54.8 Å². The fourth-order valence-electron chi connectivity index (χ4n) is 3.83. The van der Waals surface area contributed by atoms with Crippen molar-refractivity contribution in [3.8, 4) is 0 Å². The highest BCUT2D eigenvalue weighted by molar-refractivity contribution is 6.17. The summed E-state index contributed by atoms with van der Waals surface area (Å²) < 4.78 is 5.39. The van der Waals surface area contributed by atoms with Gasteiger partial charge in [0.05, 0.1) is 18.8 Å². The van der Waals surface area contributed by atoms with Gasteiger partial charge >= 0.3 is 0 Å². The van der Waals surface area contributed by atoms with Crippen molar-refractivity contribution in [1.82, 2.24) is 4.90 Å². The minimum absolute atomic E-state index is 0.153. The number of ether oxygens (including phenoxy) is 1. The summed E-state index contributed by atoms with van der Waals surface area (Å²) in [5.41, 5.74) is 5.43. The molecule has 0 aliphatic carbocycles. The van der Waals surface area contributed by atoms with Crippen LogP contribution in [0.4, 0.5) is 5.69 Å². The lowest BCUT2D eigenvalue weighted by molar-refractivity contribution is 0.0342. The van der Waals surface area contributed by atoms with Crippen molar-refractivity contribution in [2.24, 2.45) is 0 Å². The van der Waals surface area contributed by atoms with Gasteiger partial charge in [0, 0.05) is 36.4 Å². The quantitative estimate of drug-likeness (QED) is 0.582. The lowest BCUT2D eigenvalue weighted by atomic mass is 9.95. The molecule has 5 heteroatoms. The monoisotopic (exact) mass is 428 g/mol. The summed E-state index contributed by atoms with van der Waals surface area (Å²) in [6.45, 7) is 8.27. The molecule has 3 aromatic rings. The minimum atomic E-state index is -0.293. The second kappa shape index (κ2) is 9.90. The predicted molar refractivity (Wildman–Crippen MR) is 126 cm³/mol. The molecule has 1 fully saturated rings. The van der Waals surface area contributed by atoms with Crippen LogP contribution < -0.4 is 5.32 Å². The van der Waals surface area contributed by atoms with Crippen molar-refractivity contribution in [2.75, 3.05) is 31.6 Å². The lowest BCUT2D eigenvalue weighted by Crippen LogP contribution is -2.35. The third-order valence-corrected chi connectivity index (χ3v) is 5.91. The van der Waals surface area contributed by atoms with E-state index in [-0.39, 0.29) is 11.7 Å². The van der Waals surface area contributed by atoms with Gasteiger partial charge in [0.2, 0.25) is 0 Å². The van der Waals surface area contributed by atoms with Crippen LogP contribution in [0.25, 0.3) is 0 Å². The van der Waals surface area contributed by atoms with Crippen LogP contribution >= 0.6 is 0 Å². The van der Waals surface area contributed by atoms with Gasteiger partial charge in [-0.1, -0.05) is 42.5 Å². The summed E-state index contributed by atoms with van der Waals surface area (Å²) >= 11 is 0. The van der Waals surface area contributed by atoms with E-state index in [1.807, 2.05) is 56.3 Å². The van der Waals surface area contributed by atoms with Crippen molar-refractivity contribution >= 4 is 17.4 Å². The first kappa shape index (κ1) is 21.9. The fraction of sp³-hybridized carbons (Fsp3) is 0.259. The maximum atomic E-state index is 13.1. The Morgan fingerprint density at radius 3 is 2.25 bits per heavy atom. The molecular formula is C27H28N2O3. The van der Waals surface area contributed by atoms with Crippen LogP contribution in [0, 0.1) is 13.8 Å². The van der Waals surface area contributed by atoms with Crippen molar-refractivity contribution < 1.29 is 14.3 Å². The molecule has 4 rings (SSSR count). The maximum Gasteiger partial charge on any atom is 0.256 e. The van der Waals surface area contributed by atoms with Gasteiger partial charge in [0.1, 0.15) is 0 Å². The van der Waals surface area contributed by atoms with Crippen LogP contribution in [0.2, 0.25) is 0 Å². The lowest BCUT2D eigenvalue weighted by Gasteiger charge is -2.26. The Balaban J connectivity index is 1.48. The van der Waals surface area contributed by atoms with E-state index in [4.69, 9.17) is 4.74 Å². The molecule has 164 valence electrons. The van der Waals surface area contributed by atoms with Crippen LogP contribution in [0.5, 0.6) is 0 Å². The molecule has 1 aliphatic rings. The number of hydrogen-bond donors (Lipinski definition) is 1. The summed E-state index contributed by atoms with van der Waals surface area (Å²) in [4.78, 5) is 28.5. The number of benzene rings is 3. The number of ketones is 1. The zero-order valence-electron chi connectivity index (χ0n) is 18.6. The standard InChI is InChI=1S/C27H28N2O3/c1-19-7-10-22(17-20(19)2)26(30)24-5-3-4-6-25(24)27(31)28-23-11-8-21(9-12-23)18-29-13-15-32-16-14-29/h3-12,17H,13-16,18H2,1-2H3,(H,28,31). The molecule has 1 N–H and O–H groups in total. The Hall–Kier alpha value is -3.28. The second-order valence-corrected chi connectivity index (χ2v) is 8.21. The van der Waals surface area contributed by atoms with E-state index in [2.05, 4.69) is 10.2 Å². The number of rotatable bonds is 6. The number of amides is 1. The van der Waals surface area contributed by atoms with Gasteiger partial charge in [0.25, 0.3) is 5.91 Å². The summed E-state index contributed by atoms with van der Waals surface area (Å²) in [7, 11) is 0. The molecule has 1 aliphatic heterocycles. The Morgan fingerprint density at radius 2 is 1.56 bits per heavy atom. The average Bonchev–Trinajstić information content (AvgIpc) is 2.82. The number of hydrogen-bond acceptors (Lipinski definition) is 4. The number of morpholine rings is 1. The predicted octanol–water partition coefficient (Wildman–Crippen LogP) is 4.62. The highest BCUT2D eigenvalue weighted by Crippen LogP contribution is 2.19. The first-order valence-electron chi connectivity index (χ1n) is 10.9. The van der Waals surface area contributed by atoms with Gasteiger partial charge in [-0.25, -0.2) is 0 Å². The molecule has 32 heavy (non-hydrogen) atoms. The molecule has 0 unspecified atom stereocenters. The molecule has 0 spiro atoms. The number of aryl methyl sites for hydroxylation is 2. The Morgan fingerprint density at radius 1 is 0.875 bits per heavy atom. The smallest absolute Gasteiger partial charge is 0.256 e. The zero-order valence-corrected chi connectivity index (χ0v) is 18.6. The molecule has 3 aromatic carbocycles. The van der Waals surface area contributed by atoms with E-state index >= 15 is 0 Å². The van der Waals surface area contributed by atoms with Gasteiger partial charge in [0.15, 0.2) is 5.78 Å². The Labute approximate surface area is 189 Å². The second-order valence-electron chi connectivity index (χ2n) is 8.21. The molecule has 0 radical (unpaired) electrons. The van der Waals surface area contributed by atoms with Crippen molar-refractivity contribution in [2.45, 2.75) is 20.4 Å². The van der Waals surface area contributed by atoms with E-state index in [0.717, 1.165) is 44.0 Å². The summed E-state index contributed by atoms with van der Waals surface area (Å²) in [5.74, 6) is -0.446. The van der Waals surface area contributed by atoms with E-state index < -0.39 is 0 Å². The van der Waals surface area contributed by atoms with Crippen molar-refractivity contribution in [3.05, 3.63) is 100 Å². The van der Waals surface area contributed by atoms with Crippen LogP contribution in [0.1, 0.15) is 43.0 Å². The molecule has 0 saturated carbocycles. The number of carbonyl (C=O) groups excluding carboxylic acids is 2. The molecule has 0 bridgehead atoms. The third-order valence-electron chi connectivity index (χ3n) is 5.91. The Bertz CT molecular complexity index is 1120. The van der Waals surface area contributed by atoms with Crippen LogP contribution in [-0.2, 0) is 11.3 Å². The van der Waals surface area contributed by atoms with Crippen molar-refractivity contribution in [3.63, 3.8) is 0 Å². The highest BCUT2D eigenvalue weighted by atomic mass is 16.5. The molecule has 0 atom stereocenters.